The van der Waals surface area contributed by atoms with Crippen molar-refractivity contribution in [2.24, 2.45) is 11.8 Å². The molecule has 0 aromatic carbocycles. The highest BCUT2D eigenvalue weighted by atomic mass is 16.5. The number of carbonyl (C=O) groups is 1. The van der Waals surface area contributed by atoms with Crippen molar-refractivity contribution in [3.05, 3.63) is 0 Å². The summed E-state index contributed by atoms with van der Waals surface area (Å²) >= 11 is 0. The molecule has 3 heteroatoms. The summed E-state index contributed by atoms with van der Waals surface area (Å²) < 4.78 is 5.21. The zero-order valence-corrected chi connectivity index (χ0v) is 7.90. The van der Waals surface area contributed by atoms with Crippen molar-refractivity contribution in [2.45, 2.75) is 44.8 Å². The summed E-state index contributed by atoms with van der Waals surface area (Å²) in [6, 6.07) is 0. The summed E-state index contributed by atoms with van der Waals surface area (Å²) in [4.78, 5) is 11.0. The average Bonchev–Trinajstić information content (AvgIpc) is 2.36. The quantitative estimate of drug-likeness (QED) is 0.573. The van der Waals surface area contributed by atoms with Crippen LogP contribution in [0.15, 0.2) is 0 Å². The lowest BCUT2D eigenvalue weighted by Gasteiger charge is -2.17. The zero-order chi connectivity index (χ0) is 9.42. The van der Waals surface area contributed by atoms with Gasteiger partial charge >= 0.3 is 5.97 Å². The van der Waals surface area contributed by atoms with Gasteiger partial charge in [0.05, 0.1) is 12.5 Å². The van der Waals surface area contributed by atoms with Crippen molar-refractivity contribution in [1.29, 1.82) is 0 Å². The van der Waals surface area contributed by atoms with Crippen molar-refractivity contribution in [2.75, 3.05) is 0 Å². The molecule has 1 saturated heterocycles. The molecule has 13 heavy (non-hydrogen) atoms. The molecule has 3 nitrogen and oxygen atoms in total. The fourth-order valence-electron chi connectivity index (χ4n) is 2.38. The summed E-state index contributed by atoms with van der Waals surface area (Å²) in [5.74, 6) is 0.576. The first-order chi connectivity index (χ1) is 6.16. The van der Waals surface area contributed by atoms with Crippen LogP contribution >= 0.6 is 0 Å². The summed E-state index contributed by atoms with van der Waals surface area (Å²) in [6.45, 7) is 2.03. The van der Waals surface area contributed by atoms with Crippen LogP contribution < -0.4 is 0 Å². The maximum atomic E-state index is 11.0. The van der Waals surface area contributed by atoms with Crippen LogP contribution in [0, 0.1) is 11.8 Å². The molecule has 74 valence electrons. The Labute approximate surface area is 78.1 Å². The predicted molar refractivity (Wildman–Crippen MR) is 47.0 cm³/mol. The maximum absolute atomic E-state index is 11.0. The lowest BCUT2D eigenvalue weighted by molar-refractivity contribution is -0.142. The Hall–Kier alpha value is -0.570. The van der Waals surface area contributed by atoms with Crippen LogP contribution in [0.4, 0.5) is 0 Å². The molecule has 1 heterocycles. The number of carbonyl (C=O) groups excluding carboxylic acids is 1. The van der Waals surface area contributed by atoms with Crippen molar-refractivity contribution in [3.8, 4) is 0 Å². The molecule has 0 spiro atoms. The van der Waals surface area contributed by atoms with Crippen LogP contribution in [-0.4, -0.2) is 23.3 Å². The lowest BCUT2D eigenvalue weighted by atomic mass is 9.95. The highest BCUT2D eigenvalue weighted by molar-refractivity contribution is 5.72. The first kappa shape index (κ1) is 9.00. The van der Waals surface area contributed by atoms with Crippen molar-refractivity contribution in [3.63, 3.8) is 0 Å². The number of ether oxygens (including phenoxy) is 1. The molecule has 2 fully saturated rings. The van der Waals surface area contributed by atoms with E-state index in [1.54, 1.807) is 0 Å². The van der Waals surface area contributed by atoms with E-state index in [0.29, 0.717) is 12.3 Å². The molecular weight excluding hydrogens is 168 g/mol. The minimum Gasteiger partial charge on any atom is -0.462 e. The van der Waals surface area contributed by atoms with Gasteiger partial charge < -0.3 is 9.84 Å². The Morgan fingerprint density at radius 2 is 2.23 bits per heavy atom. The van der Waals surface area contributed by atoms with Crippen LogP contribution in [0.2, 0.25) is 0 Å². The van der Waals surface area contributed by atoms with Crippen LogP contribution in [0.25, 0.3) is 0 Å². The van der Waals surface area contributed by atoms with Crippen LogP contribution in [0.3, 0.4) is 0 Å². The monoisotopic (exact) mass is 184 g/mol. The highest BCUT2D eigenvalue weighted by Crippen LogP contribution is 2.35. The first-order valence-electron chi connectivity index (χ1n) is 5.04. The van der Waals surface area contributed by atoms with Crippen LogP contribution in [-0.2, 0) is 9.53 Å². The second kappa shape index (κ2) is 3.29. The number of rotatable bonds is 0. The fraction of sp³-hybridized carbons (Fsp3) is 0.900. The molecule has 1 N–H and O–H groups in total. The van der Waals surface area contributed by atoms with Gasteiger partial charge in [0.2, 0.25) is 0 Å². The number of hydrogen-bond acceptors (Lipinski definition) is 3. The normalized spacial score (nSPS) is 45.2. The standard InChI is InChI=1S/C10H16O3/c1-6-4-9-7(2-3-8(6)11)5-10(12)13-9/h6-9,11H,2-5H2,1H3. The molecule has 0 amide bonds. The molecule has 4 atom stereocenters. The zero-order valence-electron chi connectivity index (χ0n) is 7.90. The van der Waals surface area contributed by atoms with E-state index in [9.17, 15) is 9.90 Å². The molecule has 1 aliphatic heterocycles. The molecule has 2 rings (SSSR count). The van der Waals surface area contributed by atoms with E-state index in [0.717, 1.165) is 19.3 Å². The second-order valence-electron chi connectivity index (χ2n) is 4.35. The smallest absolute Gasteiger partial charge is 0.306 e. The van der Waals surface area contributed by atoms with E-state index >= 15 is 0 Å². The number of hydrogen-bond donors (Lipinski definition) is 1. The molecule has 0 aromatic rings. The van der Waals surface area contributed by atoms with Crippen LogP contribution in [0.5, 0.6) is 0 Å². The molecule has 2 aliphatic rings. The predicted octanol–water partition coefficient (Wildman–Crippen LogP) is 1.10. The van der Waals surface area contributed by atoms with Gasteiger partial charge in [0.25, 0.3) is 0 Å². The third kappa shape index (κ3) is 1.70. The molecule has 1 aliphatic carbocycles. The maximum Gasteiger partial charge on any atom is 0.306 e. The van der Waals surface area contributed by atoms with E-state index in [2.05, 4.69) is 0 Å². The Morgan fingerprint density at radius 3 is 3.00 bits per heavy atom. The minimum atomic E-state index is -0.204. The highest BCUT2D eigenvalue weighted by Gasteiger charge is 2.39. The summed E-state index contributed by atoms with van der Waals surface area (Å²) in [6.07, 6.45) is 3.02. The summed E-state index contributed by atoms with van der Waals surface area (Å²) in [5.41, 5.74) is 0. The largest absolute Gasteiger partial charge is 0.462 e. The Morgan fingerprint density at radius 1 is 1.46 bits per heavy atom. The topological polar surface area (TPSA) is 46.5 Å². The van der Waals surface area contributed by atoms with E-state index in [1.807, 2.05) is 6.92 Å². The van der Waals surface area contributed by atoms with Gasteiger partial charge in [-0.3, -0.25) is 4.79 Å². The Kier molecular flexibility index (Phi) is 2.28. The summed E-state index contributed by atoms with van der Waals surface area (Å²) in [5, 5.41) is 9.64. The molecular formula is C10H16O3. The van der Waals surface area contributed by atoms with Gasteiger partial charge in [-0.15, -0.1) is 0 Å². The lowest BCUT2D eigenvalue weighted by Crippen LogP contribution is -2.20. The number of aliphatic hydroxyl groups excluding tert-OH is 1. The van der Waals surface area contributed by atoms with E-state index < -0.39 is 0 Å². The fourth-order valence-corrected chi connectivity index (χ4v) is 2.38. The van der Waals surface area contributed by atoms with Gasteiger partial charge in [-0.2, -0.15) is 0 Å². The number of esters is 1. The molecule has 0 radical (unpaired) electrons. The van der Waals surface area contributed by atoms with E-state index in [4.69, 9.17) is 4.74 Å². The third-order valence-electron chi connectivity index (χ3n) is 3.33. The van der Waals surface area contributed by atoms with Gasteiger partial charge in [0.1, 0.15) is 6.10 Å². The second-order valence-corrected chi connectivity index (χ2v) is 4.35. The van der Waals surface area contributed by atoms with Crippen molar-refractivity contribution >= 4 is 5.97 Å². The van der Waals surface area contributed by atoms with Gasteiger partial charge in [0.15, 0.2) is 0 Å². The van der Waals surface area contributed by atoms with Gasteiger partial charge in [-0.05, 0) is 25.2 Å². The summed E-state index contributed by atoms with van der Waals surface area (Å²) in [7, 11) is 0. The van der Waals surface area contributed by atoms with Gasteiger partial charge in [0, 0.05) is 5.92 Å². The molecule has 0 bridgehead atoms. The van der Waals surface area contributed by atoms with Gasteiger partial charge in [-0.1, -0.05) is 6.92 Å². The van der Waals surface area contributed by atoms with Gasteiger partial charge in [-0.25, -0.2) is 0 Å². The molecule has 0 aromatic heterocycles. The van der Waals surface area contributed by atoms with E-state index in [-0.39, 0.29) is 24.1 Å². The Bertz CT molecular complexity index is 214. The van der Waals surface area contributed by atoms with Crippen molar-refractivity contribution < 1.29 is 14.6 Å². The van der Waals surface area contributed by atoms with Crippen LogP contribution in [0.1, 0.15) is 32.6 Å². The SMILES string of the molecule is CC1CC2OC(=O)CC2CCC1O. The molecule has 4 unspecified atom stereocenters. The number of aliphatic hydroxyl groups is 1. The molecule has 1 saturated carbocycles. The van der Waals surface area contributed by atoms with E-state index in [1.165, 1.54) is 0 Å². The van der Waals surface area contributed by atoms with Crippen molar-refractivity contribution in [1.82, 2.24) is 0 Å². The third-order valence-corrected chi connectivity index (χ3v) is 3.33. The average molecular weight is 184 g/mol. The minimum absolute atomic E-state index is 0.0569. The number of fused-ring (bicyclic) bond motifs is 1. The Balaban J connectivity index is 2.05. The first-order valence-corrected chi connectivity index (χ1v) is 5.04.